The van der Waals surface area contributed by atoms with Crippen molar-refractivity contribution in [2.24, 2.45) is 0 Å². The first-order valence-electron chi connectivity index (χ1n) is 6.62. The third-order valence-electron chi connectivity index (χ3n) is 3.60. The molecule has 0 unspecified atom stereocenters. The van der Waals surface area contributed by atoms with Gasteiger partial charge in [-0.1, -0.05) is 0 Å². The molecule has 106 valence electrons. The lowest BCUT2D eigenvalue weighted by Crippen LogP contribution is -2.46. The topological polar surface area (TPSA) is 45.4 Å². The summed E-state index contributed by atoms with van der Waals surface area (Å²) in [5, 5.41) is 2.13. The number of pyridine rings is 1. The van der Waals surface area contributed by atoms with Crippen LogP contribution >= 0.6 is 27.3 Å². The highest BCUT2D eigenvalue weighted by Crippen LogP contribution is 2.26. The van der Waals surface area contributed by atoms with Gasteiger partial charge in [0.25, 0.3) is 0 Å². The highest BCUT2D eigenvalue weighted by molar-refractivity contribution is 9.10. The Kier molecular flexibility index (Phi) is 4.24. The lowest BCUT2D eigenvalue weighted by Gasteiger charge is -2.36. The molecule has 4 nitrogen and oxygen atoms in total. The molecule has 3 rings (SSSR count). The van der Waals surface area contributed by atoms with E-state index in [-0.39, 0.29) is 0 Å². The number of aromatic nitrogens is 1. The standard InChI is InChI=1S/C14H17BrN4S/c15-11-2-8-20-14(11)10-18-4-6-19(7-5-18)13-1-3-17-9-12(13)16/h1-3,8-9H,4-7,10,16H2. The van der Waals surface area contributed by atoms with Crippen molar-refractivity contribution in [2.75, 3.05) is 36.8 Å². The monoisotopic (exact) mass is 352 g/mol. The largest absolute Gasteiger partial charge is 0.396 e. The van der Waals surface area contributed by atoms with Gasteiger partial charge in [0.05, 0.1) is 17.6 Å². The Morgan fingerprint density at radius 3 is 2.70 bits per heavy atom. The zero-order valence-corrected chi connectivity index (χ0v) is 13.5. The van der Waals surface area contributed by atoms with Crippen LogP contribution in [0.25, 0.3) is 0 Å². The molecule has 0 aliphatic carbocycles. The maximum absolute atomic E-state index is 5.99. The number of anilines is 2. The molecule has 20 heavy (non-hydrogen) atoms. The smallest absolute Gasteiger partial charge is 0.0738 e. The van der Waals surface area contributed by atoms with Crippen molar-refractivity contribution in [3.05, 3.63) is 39.3 Å². The molecule has 1 saturated heterocycles. The van der Waals surface area contributed by atoms with Gasteiger partial charge in [-0.25, -0.2) is 0 Å². The molecule has 0 bridgehead atoms. The molecule has 1 aliphatic heterocycles. The number of thiophene rings is 1. The summed E-state index contributed by atoms with van der Waals surface area (Å²) in [4.78, 5) is 10.3. The van der Waals surface area contributed by atoms with E-state index in [1.165, 1.54) is 9.35 Å². The fourth-order valence-electron chi connectivity index (χ4n) is 2.48. The van der Waals surface area contributed by atoms with Gasteiger partial charge in [-0.05, 0) is 33.4 Å². The Labute approximate surface area is 131 Å². The van der Waals surface area contributed by atoms with Crippen LogP contribution in [0.5, 0.6) is 0 Å². The van der Waals surface area contributed by atoms with Crippen LogP contribution in [0.4, 0.5) is 11.4 Å². The van der Waals surface area contributed by atoms with E-state index in [1.54, 1.807) is 12.4 Å². The summed E-state index contributed by atoms with van der Waals surface area (Å²) in [6.07, 6.45) is 3.53. The summed E-state index contributed by atoms with van der Waals surface area (Å²) < 4.78 is 1.23. The van der Waals surface area contributed by atoms with E-state index in [0.717, 1.165) is 44.1 Å². The second-order valence-electron chi connectivity index (χ2n) is 4.89. The molecule has 0 atom stereocenters. The minimum atomic E-state index is 0.766. The molecule has 0 spiro atoms. The predicted octanol–water partition coefficient (Wildman–Crippen LogP) is 2.81. The van der Waals surface area contributed by atoms with Gasteiger partial charge in [0.2, 0.25) is 0 Å². The van der Waals surface area contributed by atoms with Gasteiger partial charge in [-0.2, -0.15) is 0 Å². The Hall–Kier alpha value is -1.11. The summed E-state index contributed by atoms with van der Waals surface area (Å²) in [5.41, 5.74) is 7.87. The lowest BCUT2D eigenvalue weighted by molar-refractivity contribution is 0.251. The van der Waals surface area contributed by atoms with Crippen molar-refractivity contribution < 1.29 is 0 Å². The molecule has 0 amide bonds. The fraction of sp³-hybridized carbons (Fsp3) is 0.357. The van der Waals surface area contributed by atoms with Crippen LogP contribution in [0.3, 0.4) is 0 Å². The van der Waals surface area contributed by atoms with E-state index in [4.69, 9.17) is 5.73 Å². The van der Waals surface area contributed by atoms with Gasteiger partial charge in [0, 0.05) is 48.3 Å². The summed E-state index contributed by atoms with van der Waals surface area (Å²) in [6.45, 7) is 5.17. The van der Waals surface area contributed by atoms with Crippen LogP contribution in [-0.2, 0) is 6.54 Å². The molecule has 6 heteroatoms. The quantitative estimate of drug-likeness (QED) is 0.922. The number of hydrogen-bond acceptors (Lipinski definition) is 5. The predicted molar refractivity (Wildman–Crippen MR) is 88.2 cm³/mol. The number of nitrogens with zero attached hydrogens (tertiary/aromatic N) is 3. The van der Waals surface area contributed by atoms with Crippen LogP contribution in [0.15, 0.2) is 34.4 Å². The molecule has 3 heterocycles. The van der Waals surface area contributed by atoms with Crippen molar-refractivity contribution in [3.8, 4) is 0 Å². The number of nitrogens with two attached hydrogens (primary N) is 1. The highest BCUT2D eigenvalue weighted by Gasteiger charge is 2.19. The van der Waals surface area contributed by atoms with Gasteiger partial charge < -0.3 is 10.6 Å². The van der Waals surface area contributed by atoms with E-state index in [2.05, 4.69) is 42.2 Å². The number of hydrogen-bond donors (Lipinski definition) is 1. The third kappa shape index (κ3) is 2.97. The van der Waals surface area contributed by atoms with Crippen molar-refractivity contribution in [2.45, 2.75) is 6.54 Å². The van der Waals surface area contributed by atoms with Gasteiger partial charge in [-0.3, -0.25) is 9.88 Å². The summed E-state index contributed by atoms with van der Waals surface area (Å²) in [7, 11) is 0. The average molecular weight is 353 g/mol. The molecule has 2 aromatic rings. The van der Waals surface area contributed by atoms with Crippen LogP contribution in [0.1, 0.15) is 4.88 Å². The molecule has 0 radical (unpaired) electrons. The van der Waals surface area contributed by atoms with Crippen molar-refractivity contribution in [3.63, 3.8) is 0 Å². The van der Waals surface area contributed by atoms with E-state index in [1.807, 2.05) is 17.4 Å². The summed E-state index contributed by atoms with van der Waals surface area (Å²) in [6, 6.07) is 4.12. The maximum atomic E-state index is 5.99. The van der Waals surface area contributed by atoms with Crippen molar-refractivity contribution in [1.29, 1.82) is 0 Å². The van der Waals surface area contributed by atoms with Crippen LogP contribution in [0.2, 0.25) is 0 Å². The van der Waals surface area contributed by atoms with Gasteiger partial charge in [0.1, 0.15) is 0 Å². The van der Waals surface area contributed by atoms with E-state index in [9.17, 15) is 0 Å². The molecular formula is C14H17BrN4S. The maximum Gasteiger partial charge on any atom is 0.0738 e. The van der Waals surface area contributed by atoms with Crippen LogP contribution in [0, 0.1) is 0 Å². The average Bonchev–Trinajstić information content (AvgIpc) is 2.86. The molecule has 2 N–H and O–H groups in total. The van der Waals surface area contributed by atoms with Crippen LogP contribution in [-0.4, -0.2) is 36.1 Å². The van der Waals surface area contributed by atoms with Gasteiger partial charge in [0.15, 0.2) is 0 Å². The third-order valence-corrected chi connectivity index (χ3v) is 5.51. The number of rotatable bonds is 3. The molecule has 0 aromatic carbocycles. The first-order valence-corrected chi connectivity index (χ1v) is 8.30. The molecule has 0 saturated carbocycles. The Morgan fingerprint density at radius 2 is 2.05 bits per heavy atom. The zero-order chi connectivity index (χ0) is 13.9. The fourth-order valence-corrected chi connectivity index (χ4v) is 3.99. The minimum Gasteiger partial charge on any atom is -0.396 e. The molecule has 2 aromatic heterocycles. The zero-order valence-electron chi connectivity index (χ0n) is 11.1. The van der Waals surface area contributed by atoms with Crippen molar-refractivity contribution >= 4 is 38.6 Å². The SMILES string of the molecule is Nc1cnccc1N1CCN(Cc2sccc2Br)CC1. The first-order chi connectivity index (χ1) is 9.74. The lowest BCUT2D eigenvalue weighted by atomic mass is 10.2. The van der Waals surface area contributed by atoms with E-state index >= 15 is 0 Å². The number of halogens is 1. The number of nitrogen functional groups attached to an aromatic ring is 1. The second-order valence-corrected chi connectivity index (χ2v) is 6.74. The first kappa shape index (κ1) is 13.9. The Balaban J connectivity index is 1.60. The Morgan fingerprint density at radius 1 is 1.25 bits per heavy atom. The van der Waals surface area contributed by atoms with E-state index in [0.29, 0.717) is 0 Å². The van der Waals surface area contributed by atoms with Gasteiger partial charge in [-0.15, -0.1) is 11.3 Å². The number of piperazine rings is 1. The van der Waals surface area contributed by atoms with Gasteiger partial charge >= 0.3 is 0 Å². The second kappa shape index (κ2) is 6.11. The normalized spacial score (nSPS) is 16.6. The Bertz CT molecular complexity index is 578. The highest BCUT2D eigenvalue weighted by atomic mass is 79.9. The van der Waals surface area contributed by atoms with Crippen molar-refractivity contribution in [1.82, 2.24) is 9.88 Å². The van der Waals surface area contributed by atoms with E-state index < -0.39 is 0 Å². The molecule has 1 aliphatic rings. The summed E-state index contributed by atoms with van der Waals surface area (Å²) in [5.74, 6) is 0. The molecule has 1 fully saturated rings. The van der Waals surface area contributed by atoms with Crippen LogP contribution < -0.4 is 10.6 Å². The summed E-state index contributed by atoms with van der Waals surface area (Å²) >= 11 is 5.41. The minimum absolute atomic E-state index is 0.766. The molecular weight excluding hydrogens is 336 g/mol.